The highest BCUT2D eigenvalue weighted by molar-refractivity contribution is 5.83. The summed E-state index contributed by atoms with van der Waals surface area (Å²) in [4.78, 5) is 13.2. The average Bonchev–Trinajstić information content (AvgIpc) is 2.28. The smallest absolute Gasteiger partial charge is 0.244 e. The largest absolute Gasteiger partial charge is 0.333 e. The van der Waals surface area contributed by atoms with E-state index in [2.05, 4.69) is 5.92 Å². The van der Waals surface area contributed by atoms with Gasteiger partial charge in [0.05, 0.1) is 6.54 Å². The van der Waals surface area contributed by atoms with Crippen molar-refractivity contribution in [2.75, 3.05) is 13.6 Å². The Morgan fingerprint density at radius 2 is 2.13 bits per heavy atom. The predicted octanol–water partition coefficient (Wildman–Crippen LogP) is 0.778. The molecule has 3 nitrogen and oxygen atoms in total. The molecule has 1 atom stereocenters. The highest BCUT2D eigenvalue weighted by atomic mass is 16.2. The van der Waals surface area contributed by atoms with Crippen LogP contribution in [0.2, 0.25) is 0 Å². The predicted molar refractivity (Wildman–Crippen MR) is 59.8 cm³/mol. The third kappa shape index (κ3) is 2.83. The van der Waals surface area contributed by atoms with E-state index in [1.165, 1.54) is 4.90 Å². The molecule has 3 heteroatoms. The summed E-state index contributed by atoms with van der Waals surface area (Å²) in [5.74, 6) is 2.24. The van der Waals surface area contributed by atoms with Crippen LogP contribution in [0.4, 0.5) is 0 Å². The first-order valence-electron chi connectivity index (χ1n) is 4.65. The second-order valence-corrected chi connectivity index (χ2v) is 3.29. The number of hydrogen-bond donors (Lipinski definition) is 1. The van der Waals surface area contributed by atoms with E-state index >= 15 is 0 Å². The maximum absolute atomic E-state index is 11.7. The van der Waals surface area contributed by atoms with Gasteiger partial charge in [-0.15, -0.1) is 6.42 Å². The molecular weight excluding hydrogens is 188 g/mol. The van der Waals surface area contributed by atoms with Gasteiger partial charge >= 0.3 is 0 Å². The lowest BCUT2D eigenvalue weighted by Crippen LogP contribution is -2.36. The van der Waals surface area contributed by atoms with Gasteiger partial charge < -0.3 is 10.6 Å². The summed E-state index contributed by atoms with van der Waals surface area (Å²) in [5, 5.41) is 0. The van der Waals surface area contributed by atoms with E-state index < -0.39 is 6.04 Å². The first-order valence-corrected chi connectivity index (χ1v) is 4.65. The molecule has 0 aliphatic carbocycles. The van der Waals surface area contributed by atoms with Crippen LogP contribution in [-0.4, -0.2) is 24.4 Å². The molecule has 0 saturated carbocycles. The molecule has 0 aliphatic rings. The number of nitrogens with two attached hydrogens (primary N) is 1. The van der Waals surface area contributed by atoms with Gasteiger partial charge in [0.2, 0.25) is 5.91 Å². The van der Waals surface area contributed by atoms with Crippen LogP contribution in [0, 0.1) is 12.3 Å². The number of carbonyl (C=O) groups excluding carboxylic acids is 1. The van der Waals surface area contributed by atoms with Crippen molar-refractivity contribution in [2.24, 2.45) is 5.73 Å². The number of rotatable bonds is 3. The highest BCUT2D eigenvalue weighted by Gasteiger charge is 2.18. The fourth-order valence-corrected chi connectivity index (χ4v) is 1.26. The van der Waals surface area contributed by atoms with Crippen LogP contribution in [-0.2, 0) is 4.79 Å². The topological polar surface area (TPSA) is 46.3 Å². The van der Waals surface area contributed by atoms with Crippen LogP contribution >= 0.6 is 0 Å². The fraction of sp³-hybridized carbons (Fsp3) is 0.250. The lowest BCUT2D eigenvalue weighted by atomic mass is 10.1. The lowest BCUT2D eigenvalue weighted by Gasteiger charge is -2.19. The van der Waals surface area contributed by atoms with Crippen molar-refractivity contribution in [3.8, 4) is 12.3 Å². The van der Waals surface area contributed by atoms with Gasteiger partial charge in [0.1, 0.15) is 6.04 Å². The summed E-state index contributed by atoms with van der Waals surface area (Å²) in [7, 11) is 1.64. The van der Waals surface area contributed by atoms with E-state index in [-0.39, 0.29) is 12.5 Å². The minimum Gasteiger partial charge on any atom is -0.333 e. The van der Waals surface area contributed by atoms with Crippen molar-refractivity contribution < 1.29 is 4.79 Å². The van der Waals surface area contributed by atoms with Crippen LogP contribution in [0.3, 0.4) is 0 Å². The number of likely N-dealkylation sites (N-methyl/N-ethyl adjacent to an activating group) is 1. The Labute approximate surface area is 89.9 Å². The summed E-state index contributed by atoms with van der Waals surface area (Å²) in [6.07, 6.45) is 5.12. The zero-order valence-corrected chi connectivity index (χ0v) is 8.68. The van der Waals surface area contributed by atoms with Gasteiger partial charge in [-0.3, -0.25) is 4.79 Å². The zero-order valence-electron chi connectivity index (χ0n) is 8.68. The minimum atomic E-state index is -0.635. The summed E-state index contributed by atoms with van der Waals surface area (Å²) in [5.41, 5.74) is 6.61. The van der Waals surface area contributed by atoms with Gasteiger partial charge in [-0.25, -0.2) is 0 Å². The summed E-state index contributed by atoms with van der Waals surface area (Å²) < 4.78 is 0. The molecule has 0 saturated heterocycles. The van der Waals surface area contributed by atoms with E-state index in [1.807, 2.05) is 30.3 Å². The molecule has 0 aromatic heterocycles. The second kappa shape index (κ2) is 5.18. The summed E-state index contributed by atoms with van der Waals surface area (Å²) >= 11 is 0. The first kappa shape index (κ1) is 11.3. The molecule has 0 bridgehead atoms. The minimum absolute atomic E-state index is 0.167. The van der Waals surface area contributed by atoms with E-state index in [9.17, 15) is 4.79 Å². The standard InChI is InChI=1S/C12H14N2O/c1-3-9-14(2)12(15)11(13)10-7-5-4-6-8-10/h1,4-8,11H,9,13H2,2H3/t11-/m0/s1. The Morgan fingerprint density at radius 1 is 1.53 bits per heavy atom. The normalized spacial score (nSPS) is 11.5. The van der Waals surface area contributed by atoms with Crippen molar-refractivity contribution in [2.45, 2.75) is 6.04 Å². The number of carbonyl (C=O) groups is 1. The molecule has 1 aromatic carbocycles. The Balaban J connectivity index is 2.74. The Morgan fingerprint density at radius 3 is 2.67 bits per heavy atom. The molecule has 0 fully saturated rings. The zero-order chi connectivity index (χ0) is 11.3. The van der Waals surface area contributed by atoms with Gasteiger partial charge in [0.15, 0.2) is 0 Å². The van der Waals surface area contributed by atoms with E-state index in [4.69, 9.17) is 12.2 Å². The van der Waals surface area contributed by atoms with Crippen molar-refractivity contribution in [1.29, 1.82) is 0 Å². The number of benzene rings is 1. The quantitative estimate of drug-likeness (QED) is 0.736. The maximum atomic E-state index is 11.7. The summed E-state index contributed by atoms with van der Waals surface area (Å²) in [6.45, 7) is 0.277. The number of nitrogens with zero attached hydrogens (tertiary/aromatic N) is 1. The molecule has 0 spiro atoms. The highest BCUT2D eigenvalue weighted by Crippen LogP contribution is 2.11. The van der Waals surface area contributed by atoms with Crippen molar-refractivity contribution in [1.82, 2.24) is 4.90 Å². The fourth-order valence-electron chi connectivity index (χ4n) is 1.26. The molecule has 15 heavy (non-hydrogen) atoms. The molecular formula is C12H14N2O. The van der Waals surface area contributed by atoms with E-state index in [1.54, 1.807) is 7.05 Å². The van der Waals surface area contributed by atoms with Gasteiger partial charge in [-0.1, -0.05) is 36.3 Å². The molecule has 78 valence electrons. The number of terminal acetylenes is 1. The van der Waals surface area contributed by atoms with Gasteiger partial charge in [0, 0.05) is 7.05 Å². The van der Waals surface area contributed by atoms with Gasteiger partial charge in [0.25, 0.3) is 0 Å². The molecule has 1 amide bonds. The Bertz CT molecular complexity index is 367. The molecule has 0 radical (unpaired) electrons. The number of amides is 1. The SMILES string of the molecule is C#CCN(C)C(=O)[C@@H](N)c1ccccc1. The Hall–Kier alpha value is -1.79. The van der Waals surface area contributed by atoms with Gasteiger partial charge in [-0.2, -0.15) is 0 Å². The lowest BCUT2D eigenvalue weighted by molar-refractivity contribution is -0.130. The van der Waals surface area contributed by atoms with Crippen LogP contribution in [0.15, 0.2) is 30.3 Å². The maximum Gasteiger partial charge on any atom is 0.244 e. The average molecular weight is 202 g/mol. The van der Waals surface area contributed by atoms with Crippen molar-refractivity contribution >= 4 is 5.91 Å². The van der Waals surface area contributed by atoms with Crippen molar-refractivity contribution in [3.63, 3.8) is 0 Å². The Kier molecular flexibility index (Phi) is 3.90. The first-order chi connectivity index (χ1) is 7.16. The van der Waals surface area contributed by atoms with Gasteiger partial charge in [-0.05, 0) is 5.56 Å². The summed E-state index contributed by atoms with van der Waals surface area (Å²) in [6, 6.07) is 8.60. The van der Waals surface area contributed by atoms with E-state index in [0.717, 1.165) is 5.56 Å². The van der Waals surface area contributed by atoms with Crippen LogP contribution < -0.4 is 5.73 Å². The van der Waals surface area contributed by atoms with Crippen molar-refractivity contribution in [3.05, 3.63) is 35.9 Å². The third-order valence-corrected chi connectivity index (χ3v) is 2.13. The molecule has 1 rings (SSSR count). The molecule has 0 unspecified atom stereocenters. The van der Waals surface area contributed by atoms with Crippen LogP contribution in [0.5, 0.6) is 0 Å². The molecule has 2 N–H and O–H groups in total. The molecule has 0 heterocycles. The van der Waals surface area contributed by atoms with E-state index in [0.29, 0.717) is 0 Å². The monoisotopic (exact) mass is 202 g/mol. The molecule has 1 aromatic rings. The second-order valence-electron chi connectivity index (χ2n) is 3.29. The third-order valence-electron chi connectivity index (χ3n) is 2.13. The van der Waals surface area contributed by atoms with Crippen LogP contribution in [0.25, 0.3) is 0 Å². The molecule has 0 aliphatic heterocycles. The van der Waals surface area contributed by atoms with Crippen LogP contribution in [0.1, 0.15) is 11.6 Å². The number of hydrogen-bond acceptors (Lipinski definition) is 2.